The molecule has 1 aliphatic rings. The molecule has 1 aromatic rings. The van der Waals surface area contributed by atoms with Crippen LogP contribution in [0.1, 0.15) is 44.2 Å². The first kappa shape index (κ1) is 9.71. The van der Waals surface area contributed by atoms with E-state index in [1.807, 2.05) is 6.92 Å². The second-order valence-corrected chi connectivity index (χ2v) is 4.35. The molecule has 2 rings (SSSR count). The van der Waals surface area contributed by atoms with Crippen molar-refractivity contribution in [1.82, 2.24) is 10.1 Å². The van der Waals surface area contributed by atoms with Crippen LogP contribution in [0.5, 0.6) is 0 Å². The molecule has 1 aromatic heterocycles. The average Bonchev–Trinajstić information content (AvgIpc) is 2.70. The van der Waals surface area contributed by atoms with Crippen LogP contribution in [0.4, 0.5) is 0 Å². The van der Waals surface area contributed by atoms with Gasteiger partial charge < -0.3 is 4.52 Å². The first-order valence-electron chi connectivity index (χ1n) is 5.37. The van der Waals surface area contributed by atoms with Gasteiger partial charge in [-0.1, -0.05) is 5.16 Å². The maximum Gasteiger partial charge on any atom is 0.133 e. The zero-order valence-corrected chi connectivity index (χ0v) is 9.16. The van der Waals surface area contributed by atoms with Gasteiger partial charge in [0, 0.05) is 12.1 Å². The van der Waals surface area contributed by atoms with E-state index in [0.29, 0.717) is 12.1 Å². The van der Waals surface area contributed by atoms with Crippen molar-refractivity contribution in [3.05, 3.63) is 17.5 Å². The van der Waals surface area contributed by atoms with E-state index in [1.165, 1.54) is 19.4 Å². The summed E-state index contributed by atoms with van der Waals surface area (Å²) in [4.78, 5) is 2.50. The van der Waals surface area contributed by atoms with Crippen molar-refractivity contribution in [1.29, 1.82) is 0 Å². The van der Waals surface area contributed by atoms with Crippen molar-refractivity contribution < 1.29 is 4.52 Å². The summed E-state index contributed by atoms with van der Waals surface area (Å²) in [5.41, 5.74) is 1.11. The number of aryl methyl sites for hydroxylation is 1. The number of hydrogen-bond donors (Lipinski definition) is 0. The van der Waals surface area contributed by atoms with Crippen molar-refractivity contribution in [2.45, 2.75) is 45.7 Å². The van der Waals surface area contributed by atoms with Gasteiger partial charge in [-0.2, -0.15) is 0 Å². The third-order valence-electron chi connectivity index (χ3n) is 2.95. The fourth-order valence-electron chi connectivity index (χ4n) is 2.27. The summed E-state index contributed by atoms with van der Waals surface area (Å²) in [6.45, 7) is 7.62. The van der Waals surface area contributed by atoms with E-state index < -0.39 is 0 Å². The topological polar surface area (TPSA) is 29.3 Å². The summed E-state index contributed by atoms with van der Waals surface area (Å²) < 4.78 is 5.13. The lowest BCUT2D eigenvalue weighted by atomic mass is 10.1. The molecule has 3 heteroatoms. The van der Waals surface area contributed by atoms with Gasteiger partial charge in [-0.15, -0.1) is 0 Å². The Kier molecular flexibility index (Phi) is 2.59. The van der Waals surface area contributed by atoms with Gasteiger partial charge >= 0.3 is 0 Å². The van der Waals surface area contributed by atoms with E-state index in [4.69, 9.17) is 4.52 Å². The Bertz CT molecular complexity index is 306. The highest BCUT2D eigenvalue weighted by Crippen LogP contribution is 2.32. The van der Waals surface area contributed by atoms with Gasteiger partial charge in [0.25, 0.3) is 0 Å². The summed E-state index contributed by atoms with van der Waals surface area (Å²) in [6, 6.07) is 3.14. The highest BCUT2D eigenvalue weighted by Gasteiger charge is 2.29. The van der Waals surface area contributed by atoms with Crippen molar-refractivity contribution >= 4 is 0 Å². The lowest BCUT2D eigenvalue weighted by molar-refractivity contribution is 0.197. The molecule has 0 radical (unpaired) electrons. The average molecular weight is 194 g/mol. The molecule has 14 heavy (non-hydrogen) atoms. The van der Waals surface area contributed by atoms with E-state index in [0.717, 1.165) is 11.5 Å². The van der Waals surface area contributed by atoms with Gasteiger partial charge in [0.1, 0.15) is 11.5 Å². The van der Waals surface area contributed by atoms with Crippen LogP contribution in [0.15, 0.2) is 10.6 Å². The summed E-state index contributed by atoms with van der Waals surface area (Å²) in [5.74, 6) is 0.913. The van der Waals surface area contributed by atoms with Gasteiger partial charge in [-0.3, -0.25) is 4.90 Å². The second-order valence-electron chi connectivity index (χ2n) is 4.35. The normalized spacial score (nSPS) is 23.6. The predicted octanol–water partition coefficient (Wildman–Crippen LogP) is 2.53. The standard InChI is InChI=1S/C11H18N2O/c1-8(2)13-6-4-5-11(13)10-7-9(3)14-12-10/h7-8,11H,4-6H2,1-3H3. The number of aromatic nitrogens is 1. The Morgan fingerprint density at radius 1 is 1.57 bits per heavy atom. The molecule has 1 saturated heterocycles. The Labute approximate surface area is 85.1 Å². The molecule has 0 amide bonds. The monoisotopic (exact) mass is 194 g/mol. The second kappa shape index (κ2) is 3.73. The zero-order chi connectivity index (χ0) is 10.1. The van der Waals surface area contributed by atoms with E-state index >= 15 is 0 Å². The molecule has 0 aliphatic carbocycles. The van der Waals surface area contributed by atoms with Crippen molar-refractivity contribution in [3.8, 4) is 0 Å². The molecule has 0 bridgehead atoms. The quantitative estimate of drug-likeness (QED) is 0.724. The molecular weight excluding hydrogens is 176 g/mol. The zero-order valence-electron chi connectivity index (χ0n) is 9.16. The van der Waals surface area contributed by atoms with Crippen molar-refractivity contribution in [3.63, 3.8) is 0 Å². The maximum atomic E-state index is 5.13. The summed E-state index contributed by atoms with van der Waals surface area (Å²) in [7, 11) is 0. The van der Waals surface area contributed by atoms with Crippen molar-refractivity contribution in [2.24, 2.45) is 0 Å². The number of nitrogens with zero attached hydrogens (tertiary/aromatic N) is 2. The molecule has 0 N–H and O–H groups in total. The van der Waals surface area contributed by atoms with Crippen LogP contribution >= 0.6 is 0 Å². The van der Waals surface area contributed by atoms with Gasteiger partial charge in [-0.05, 0) is 40.2 Å². The fourth-order valence-corrected chi connectivity index (χ4v) is 2.27. The Hall–Kier alpha value is -0.830. The third kappa shape index (κ3) is 1.69. The minimum absolute atomic E-state index is 0.479. The van der Waals surface area contributed by atoms with Crippen LogP contribution in [-0.4, -0.2) is 22.6 Å². The van der Waals surface area contributed by atoms with E-state index in [-0.39, 0.29) is 0 Å². The van der Waals surface area contributed by atoms with Crippen LogP contribution < -0.4 is 0 Å². The Morgan fingerprint density at radius 3 is 2.93 bits per heavy atom. The largest absolute Gasteiger partial charge is 0.361 e. The van der Waals surface area contributed by atoms with E-state index in [9.17, 15) is 0 Å². The highest BCUT2D eigenvalue weighted by atomic mass is 16.5. The van der Waals surface area contributed by atoms with Gasteiger partial charge in [0.05, 0.1) is 6.04 Å². The van der Waals surface area contributed by atoms with E-state index in [2.05, 4.69) is 30.0 Å². The lowest BCUT2D eigenvalue weighted by Crippen LogP contribution is -2.30. The first-order valence-corrected chi connectivity index (χ1v) is 5.37. The summed E-state index contributed by atoms with van der Waals surface area (Å²) >= 11 is 0. The number of likely N-dealkylation sites (tertiary alicyclic amines) is 1. The molecule has 3 nitrogen and oxygen atoms in total. The van der Waals surface area contributed by atoms with Gasteiger partial charge in [0.15, 0.2) is 0 Å². The minimum Gasteiger partial charge on any atom is -0.361 e. The molecule has 78 valence electrons. The SMILES string of the molecule is Cc1cc(C2CCCN2C(C)C)no1. The number of rotatable bonds is 2. The molecule has 1 atom stereocenters. The molecular formula is C11H18N2O. The summed E-state index contributed by atoms with van der Waals surface area (Å²) in [5, 5.41) is 4.11. The van der Waals surface area contributed by atoms with Gasteiger partial charge in [0.2, 0.25) is 0 Å². The molecule has 0 saturated carbocycles. The van der Waals surface area contributed by atoms with Crippen LogP contribution in [-0.2, 0) is 0 Å². The lowest BCUT2D eigenvalue weighted by Gasteiger charge is -2.26. The predicted molar refractivity (Wildman–Crippen MR) is 55.1 cm³/mol. The Morgan fingerprint density at radius 2 is 2.36 bits per heavy atom. The summed E-state index contributed by atoms with van der Waals surface area (Å²) in [6.07, 6.45) is 2.49. The van der Waals surface area contributed by atoms with E-state index in [1.54, 1.807) is 0 Å². The molecule has 1 fully saturated rings. The van der Waals surface area contributed by atoms with Crippen LogP contribution in [0.3, 0.4) is 0 Å². The molecule has 1 unspecified atom stereocenters. The maximum absolute atomic E-state index is 5.13. The fraction of sp³-hybridized carbons (Fsp3) is 0.727. The minimum atomic E-state index is 0.479. The van der Waals surface area contributed by atoms with Crippen LogP contribution in [0, 0.1) is 6.92 Å². The smallest absolute Gasteiger partial charge is 0.133 e. The molecule has 0 spiro atoms. The highest BCUT2D eigenvalue weighted by molar-refractivity contribution is 5.10. The van der Waals surface area contributed by atoms with Crippen LogP contribution in [0.25, 0.3) is 0 Å². The van der Waals surface area contributed by atoms with Gasteiger partial charge in [-0.25, -0.2) is 0 Å². The third-order valence-corrected chi connectivity index (χ3v) is 2.95. The molecule has 0 aromatic carbocycles. The van der Waals surface area contributed by atoms with Crippen molar-refractivity contribution in [2.75, 3.05) is 6.54 Å². The first-order chi connectivity index (χ1) is 6.68. The number of hydrogen-bond acceptors (Lipinski definition) is 3. The van der Waals surface area contributed by atoms with Crippen LogP contribution in [0.2, 0.25) is 0 Å². The molecule has 1 aliphatic heterocycles. The Balaban J connectivity index is 2.17. The molecule has 2 heterocycles.